The van der Waals surface area contributed by atoms with Gasteiger partial charge in [0.2, 0.25) is 10.0 Å². The highest BCUT2D eigenvalue weighted by Gasteiger charge is 2.42. The molecule has 116 valence electrons. The van der Waals surface area contributed by atoms with E-state index in [0.717, 1.165) is 18.3 Å². The van der Waals surface area contributed by atoms with Crippen LogP contribution in [-0.2, 0) is 19.6 Å². The van der Waals surface area contributed by atoms with Crippen LogP contribution < -0.4 is 0 Å². The van der Waals surface area contributed by atoms with E-state index in [-0.39, 0.29) is 10.9 Å². The fourth-order valence-electron chi connectivity index (χ4n) is 2.76. The standard InChI is InChI=1S/C15H21NO4S/c1-12-5-8-14(9-6-12)21(18,19)16-13(4-3-11-17)7-10-15(16)20-2/h5-6,8-9,11,13,15H,3-4,7,10H2,1-2H3. The van der Waals surface area contributed by atoms with Crippen LogP contribution in [0.2, 0.25) is 0 Å². The number of aryl methyl sites for hydroxylation is 1. The lowest BCUT2D eigenvalue weighted by Gasteiger charge is -2.28. The minimum atomic E-state index is -3.60. The summed E-state index contributed by atoms with van der Waals surface area (Å²) in [5, 5.41) is 0. The molecule has 1 saturated heterocycles. The number of carbonyl (C=O) groups is 1. The SMILES string of the molecule is COC1CCC(CCC=O)N1S(=O)(=O)c1ccc(C)cc1. The van der Waals surface area contributed by atoms with Crippen molar-refractivity contribution in [3.05, 3.63) is 29.8 Å². The molecule has 2 unspecified atom stereocenters. The van der Waals surface area contributed by atoms with Crippen molar-refractivity contribution in [3.8, 4) is 0 Å². The number of hydrogen-bond acceptors (Lipinski definition) is 4. The first kappa shape index (κ1) is 16.1. The number of benzene rings is 1. The summed E-state index contributed by atoms with van der Waals surface area (Å²) in [6.07, 6.45) is 2.66. The molecule has 1 fully saturated rings. The third-order valence-electron chi connectivity index (χ3n) is 3.88. The van der Waals surface area contributed by atoms with Gasteiger partial charge in [-0.25, -0.2) is 8.42 Å². The third kappa shape index (κ3) is 3.33. The van der Waals surface area contributed by atoms with Crippen molar-refractivity contribution in [2.24, 2.45) is 0 Å². The van der Waals surface area contributed by atoms with Crippen LogP contribution in [0.4, 0.5) is 0 Å². The average molecular weight is 311 g/mol. The zero-order valence-corrected chi connectivity index (χ0v) is 13.2. The molecule has 0 aliphatic carbocycles. The minimum absolute atomic E-state index is 0.175. The highest BCUT2D eigenvalue weighted by Crippen LogP contribution is 2.33. The number of methoxy groups -OCH3 is 1. The van der Waals surface area contributed by atoms with Crippen molar-refractivity contribution in [2.75, 3.05) is 7.11 Å². The number of carbonyl (C=O) groups excluding carboxylic acids is 1. The van der Waals surface area contributed by atoms with E-state index in [0.29, 0.717) is 19.3 Å². The Morgan fingerprint density at radius 3 is 2.52 bits per heavy atom. The van der Waals surface area contributed by atoms with Gasteiger partial charge >= 0.3 is 0 Å². The molecule has 6 heteroatoms. The smallest absolute Gasteiger partial charge is 0.245 e. The van der Waals surface area contributed by atoms with Gasteiger partial charge in [0.1, 0.15) is 12.5 Å². The molecular formula is C15H21NO4S. The first-order valence-corrected chi connectivity index (χ1v) is 8.51. The first-order chi connectivity index (χ1) is 10.0. The van der Waals surface area contributed by atoms with Gasteiger partial charge in [-0.2, -0.15) is 4.31 Å². The summed E-state index contributed by atoms with van der Waals surface area (Å²) < 4.78 is 32.4. The molecule has 1 aliphatic rings. The molecular weight excluding hydrogens is 290 g/mol. The molecule has 0 spiro atoms. The summed E-state index contributed by atoms with van der Waals surface area (Å²) in [6.45, 7) is 1.91. The van der Waals surface area contributed by atoms with Crippen LogP contribution in [0.15, 0.2) is 29.2 Å². The second-order valence-corrected chi connectivity index (χ2v) is 7.16. The van der Waals surface area contributed by atoms with Gasteiger partial charge in [-0.05, 0) is 38.3 Å². The van der Waals surface area contributed by atoms with Gasteiger partial charge in [0.15, 0.2) is 0 Å². The molecule has 5 nitrogen and oxygen atoms in total. The molecule has 0 bridgehead atoms. The van der Waals surface area contributed by atoms with E-state index < -0.39 is 16.3 Å². The number of ether oxygens (including phenoxy) is 1. The van der Waals surface area contributed by atoms with Crippen molar-refractivity contribution < 1.29 is 17.9 Å². The maximum atomic E-state index is 12.8. The van der Waals surface area contributed by atoms with Gasteiger partial charge in [-0.3, -0.25) is 0 Å². The van der Waals surface area contributed by atoms with Gasteiger partial charge in [0.05, 0.1) is 4.90 Å². The molecule has 2 atom stereocenters. The third-order valence-corrected chi connectivity index (χ3v) is 5.83. The van der Waals surface area contributed by atoms with Crippen LogP contribution in [0.5, 0.6) is 0 Å². The fraction of sp³-hybridized carbons (Fsp3) is 0.533. The molecule has 1 aromatic rings. The maximum Gasteiger partial charge on any atom is 0.245 e. The van der Waals surface area contributed by atoms with Crippen molar-refractivity contribution >= 4 is 16.3 Å². The van der Waals surface area contributed by atoms with Gasteiger partial charge in [-0.15, -0.1) is 0 Å². The van der Waals surface area contributed by atoms with Crippen molar-refractivity contribution in [1.82, 2.24) is 4.31 Å². The molecule has 0 N–H and O–H groups in total. The predicted octanol–water partition coefficient (Wildman–Crippen LogP) is 2.10. The number of aldehydes is 1. The van der Waals surface area contributed by atoms with Crippen LogP contribution in [0.3, 0.4) is 0 Å². The Kier molecular flexibility index (Phi) is 5.13. The number of hydrogen-bond donors (Lipinski definition) is 0. The zero-order chi connectivity index (χ0) is 15.5. The molecule has 1 aromatic carbocycles. The van der Waals surface area contributed by atoms with Crippen LogP contribution in [0.1, 0.15) is 31.2 Å². The normalized spacial score (nSPS) is 23.3. The van der Waals surface area contributed by atoms with Crippen LogP contribution >= 0.6 is 0 Å². The van der Waals surface area contributed by atoms with E-state index in [2.05, 4.69) is 0 Å². The molecule has 0 amide bonds. The Bertz CT molecular complexity index is 582. The zero-order valence-electron chi connectivity index (χ0n) is 12.4. The quantitative estimate of drug-likeness (QED) is 0.755. The van der Waals surface area contributed by atoms with E-state index in [4.69, 9.17) is 4.74 Å². The van der Waals surface area contributed by atoms with Crippen molar-refractivity contribution in [3.63, 3.8) is 0 Å². The molecule has 21 heavy (non-hydrogen) atoms. The Labute approximate surface area is 126 Å². The molecule has 0 saturated carbocycles. The summed E-state index contributed by atoms with van der Waals surface area (Å²) >= 11 is 0. The Morgan fingerprint density at radius 1 is 1.29 bits per heavy atom. The second-order valence-electron chi connectivity index (χ2n) is 5.31. The maximum absolute atomic E-state index is 12.8. The first-order valence-electron chi connectivity index (χ1n) is 7.07. The monoisotopic (exact) mass is 311 g/mol. The summed E-state index contributed by atoms with van der Waals surface area (Å²) in [4.78, 5) is 10.8. The molecule has 0 radical (unpaired) electrons. The van der Waals surface area contributed by atoms with Crippen LogP contribution in [0, 0.1) is 6.92 Å². The van der Waals surface area contributed by atoms with Gasteiger partial charge in [0, 0.05) is 19.6 Å². The Hall–Kier alpha value is -1.24. The van der Waals surface area contributed by atoms with E-state index in [9.17, 15) is 13.2 Å². The lowest BCUT2D eigenvalue weighted by atomic mass is 10.1. The minimum Gasteiger partial charge on any atom is -0.365 e. The van der Waals surface area contributed by atoms with Crippen LogP contribution in [0.25, 0.3) is 0 Å². The molecule has 1 heterocycles. The summed E-state index contributed by atoms with van der Waals surface area (Å²) in [7, 11) is -2.09. The van der Waals surface area contributed by atoms with E-state index in [1.54, 1.807) is 24.3 Å². The van der Waals surface area contributed by atoms with Crippen molar-refractivity contribution in [1.29, 1.82) is 0 Å². The van der Waals surface area contributed by atoms with Gasteiger partial charge in [-0.1, -0.05) is 17.7 Å². The Balaban J connectivity index is 2.33. The van der Waals surface area contributed by atoms with Crippen LogP contribution in [-0.4, -0.2) is 38.4 Å². The molecule has 0 aromatic heterocycles. The number of rotatable bonds is 6. The summed E-state index contributed by atoms with van der Waals surface area (Å²) in [6, 6.07) is 6.63. The highest BCUT2D eigenvalue weighted by molar-refractivity contribution is 7.89. The fourth-order valence-corrected chi connectivity index (χ4v) is 4.59. The van der Waals surface area contributed by atoms with Gasteiger partial charge in [0.25, 0.3) is 0 Å². The topological polar surface area (TPSA) is 63.7 Å². The van der Waals surface area contributed by atoms with E-state index in [1.807, 2.05) is 6.92 Å². The average Bonchev–Trinajstić information content (AvgIpc) is 2.89. The number of sulfonamides is 1. The largest absolute Gasteiger partial charge is 0.365 e. The van der Waals surface area contributed by atoms with E-state index >= 15 is 0 Å². The lowest BCUT2D eigenvalue weighted by Crippen LogP contribution is -2.42. The molecule has 2 rings (SSSR count). The van der Waals surface area contributed by atoms with Crippen molar-refractivity contribution in [2.45, 2.75) is 49.8 Å². The lowest BCUT2D eigenvalue weighted by molar-refractivity contribution is -0.108. The number of nitrogens with zero attached hydrogens (tertiary/aromatic N) is 1. The summed E-state index contributed by atoms with van der Waals surface area (Å²) in [5.41, 5.74) is 1.01. The Morgan fingerprint density at radius 2 is 1.95 bits per heavy atom. The highest BCUT2D eigenvalue weighted by atomic mass is 32.2. The van der Waals surface area contributed by atoms with Gasteiger partial charge < -0.3 is 9.53 Å². The second kappa shape index (κ2) is 6.68. The van der Waals surface area contributed by atoms with E-state index in [1.165, 1.54) is 11.4 Å². The molecule has 1 aliphatic heterocycles. The predicted molar refractivity (Wildman–Crippen MR) is 79.3 cm³/mol. The summed E-state index contributed by atoms with van der Waals surface area (Å²) in [5.74, 6) is 0.